The number of amides is 5. The highest BCUT2D eigenvalue weighted by molar-refractivity contribution is 5.95. The van der Waals surface area contributed by atoms with Crippen molar-refractivity contribution in [3.8, 4) is 5.75 Å². The number of phenols is 1. The van der Waals surface area contributed by atoms with Crippen LogP contribution in [0.1, 0.15) is 65.4 Å². The van der Waals surface area contributed by atoms with Crippen LogP contribution in [-0.4, -0.2) is 105 Å². The minimum absolute atomic E-state index is 0.0100. The van der Waals surface area contributed by atoms with E-state index in [-0.39, 0.29) is 43.4 Å². The van der Waals surface area contributed by atoms with E-state index in [1.165, 1.54) is 17.0 Å². The number of hydrogen-bond donors (Lipinski definition) is 8. The predicted octanol–water partition coefficient (Wildman–Crippen LogP) is -0.525. The zero-order chi connectivity index (χ0) is 36.1. The van der Waals surface area contributed by atoms with E-state index < -0.39 is 84.6 Å². The van der Waals surface area contributed by atoms with Crippen molar-refractivity contribution in [2.75, 3.05) is 13.1 Å². The summed E-state index contributed by atoms with van der Waals surface area (Å²) in [4.78, 5) is 89.7. The standard InChI is InChI=1S/C32H48N6O10/c1-5-18(4)27(37-24(40)16-34-28(43)21(12-13-25(41)42)35-30(45)26(33)17(2)3)31(46)38-14-6-7-23(38)29(44)36-22(32(47)48)15-19-8-10-20(39)11-9-19/h8-11,17-18,21-23,26-27,39H,5-7,12-16,33H2,1-4H3,(H,34,43)(H,35,45)(H,36,44)(H,37,40)(H,41,42)(H,47,48)/t18-,21-,22-,23-,26-,27-/m0/s1. The third kappa shape index (κ3) is 11.8. The fourth-order valence-electron chi connectivity index (χ4n) is 5.12. The number of carbonyl (C=O) groups is 7. The molecule has 0 aliphatic carbocycles. The summed E-state index contributed by atoms with van der Waals surface area (Å²) in [6.45, 7) is 6.58. The minimum atomic E-state index is -1.29. The molecule has 0 aromatic heterocycles. The van der Waals surface area contributed by atoms with Gasteiger partial charge in [0, 0.05) is 19.4 Å². The van der Waals surface area contributed by atoms with E-state index in [0.717, 1.165) is 0 Å². The quantitative estimate of drug-likeness (QED) is 0.0981. The molecule has 1 heterocycles. The molecule has 16 nitrogen and oxygen atoms in total. The lowest BCUT2D eigenvalue weighted by atomic mass is 9.97. The van der Waals surface area contributed by atoms with Gasteiger partial charge in [0.2, 0.25) is 29.5 Å². The summed E-state index contributed by atoms with van der Waals surface area (Å²) in [6, 6.07) is 0.331. The van der Waals surface area contributed by atoms with Crippen molar-refractivity contribution < 1.29 is 48.9 Å². The van der Waals surface area contributed by atoms with Crippen molar-refractivity contribution in [2.24, 2.45) is 17.6 Å². The third-order valence-corrected chi connectivity index (χ3v) is 8.35. The van der Waals surface area contributed by atoms with Gasteiger partial charge in [0.25, 0.3) is 0 Å². The summed E-state index contributed by atoms with van der Waals surface area (Å²) in [7, 11) is 0. The molecular formula is C32H48N6O10. The molecule has 48 heavy (non-hydrogen) atoms. The van der Waals surface area contributed by atoms with Crippen LogP contribution in [0.4, 0.5) is 0 Å². The number of nitrogens with zero attached hydrogens (tertiary/aromatic N) is 1. The van der Waals surface area contributed by atoms with Gasteiger partial charge in [-0.05, 0) is 48.8 Å². The summed E-state index contributed by atoms with van der Waals surface area (Å²) in [6.07, 6.45) is 0.501. The Kier molecular flexibility index (Phi) is 15.3. The summed E-state index contributed by atoms with van der Waals surface area (Å²) >= 11 is 0. The molecule has 1 aliphatic rings. The highest BCUT2D eigenvalue weighted by atomic mass is 16.4. The Morgan fingerprint density at radius 2 is 1.58 bits per heavy atom. The number of carbonyl (C=O) groups excluding carboxylic acids is 5. The first-order chi connectivity index (χ1) is 22.5. The maximum Gasteiger partial charge on any atom is 0.326 e. The van der Waals surface area contributed by atoms with Crippen LogP contribution in [0, 0.1) is 11.8 Å². The molecule has 6 atom stereocenters. The number of nitrogens with two attached hydrogens (primary N) is 1. The van der Waals surface area contributed by atoms with Crippen LogP contribution in [0.15, 0.2) is 24.3 Å². The molecule has 0 bridgehead atoms. The van der Waals surface area contributed by atoms with Crippen LogP contribution in [-0.2, 0) is 40.0 Å². The van der Waals surface area contributed by atoms with Crippen LogP contribution in [0.3, 0.4) is 0 Å². The number of carboxylic acid groups (broad SMARTS) is 2. The van der Waals surface area contributed by atoms with Crippen molar-refractivity contribution >= 4 is 41.5 Å². The molecule has 5 amide bonds. The monoisotopic (exact) mass is 676 g/mol. The minimum Gasteiger partial charge on any atom is -0.508 e. The van der Waals surface area contributed by atoms with Gasteiger partial charge in [-0.3, -0.25) is 28.8 Å². The van der Waals surface area contributed by atoms with Gasteiger partial charge in [-0.2, -0.15) is 0 Å². The van der Waals surface area contributed by atoms with Gasteiger partial charge in [0.15, 0.2) is 0 Å². The van der Waals surface area contributed by atoms with E-state index in [4.69, 9.17) is 10.8 Å². The largest absolute Gasteiger partial charge is 0.508 e. The molecule has 1 aliphatic heterocycles. The number of hydrogen-bond acceptors (Lipinski definition) is 9. The average Bonchev–Trinajstić information content (AvgIpc) is 3.54. The number of carboxylic acids is 2. The number of aliphatic carboxylic acids is 2. The Balaban J connectivity index is 2.09. The maximum atomic E-state index is 13.8. The molecule has 0 unspecified atom stereocenters. The zero-order valence-corrected chi connectivity index (χ0v) is 27.7. The molecule has 1 aromatic carbocycles. The van der Waals surface area contributed by atoms with Crippen molar-refractivity contribution in [3.63, 3.8) is 0 Å². The van der Waals surface area contributed by atoms with Gasteiger partial charge < -0.3 is 47.2 Å². The Morgan fingerprint density at radius 3 is 2.15 bits per heavy atom. The van der Waals surface area contributed by atoms with E-state index in [1.54, 1.807) is 32.9 Å². The van der Waals surface area contributed by atoms with Crippen LogP contribution in [0.5, 0.6) is 5.75 Å². The van der Waals surface area contributed by atoms with E-state index in [9.17, 15) is 43.8 Å². The van der Waals surface area contributed by atoms with Crippen molar-refractivity contribution in [1.29, 1.82) is 0 Å². The van der Waals surface area contributed by atoms with Crippen molar-refractivity contribution in [3.05, 3.63) is 29.8 Å². The first-order valence-corrected chi connectivity index (χ1v) is 16.0. The number of nitrogens with one attached hydrogen (secondary N) is 4. The first kappa shape index (κ1) is 39.4. The predicted molar refractivity (Wildman–Crippen MR) is 172 cm³/mol. The summed E-state index contributed by atoms with van der Waals surface area (Å²) in [5.41, 5.74) is 6.42. The topological polar surface area (TPSA) is 258 Å². The van der Waals surface area contributed by atoms with Crippen LogP contribution < -0.4 is 27.0 Å². The van der Waals surface area contributed by atoms with E-state index in [1.807, 2.05) is 6.92 Å². The Hall–Kier alpha value is -4.73. The maximum absolute atomic E-state index is 13.8. The van der Waals surface area contributed by atoms with Gasteiger partial charge in [-0.15, -0.1) is 0 Å². The molecule has 1 fully saturated rings. The molecule has 266 valence electrons. The smallest absolute Gasteiger partial charge is 0.326 e. The van der Waals surface area contributed by atoms with Gasteiger partial charge >= 0.3 is 11.9 Å². The third-order valence-electron chi connectivity index (χ3n) is 8.35. The Morgan fingerprint density at radius 1 is 0.938 bits per heavy atom. The molecule has 2 rings (SSSR count). The van der Waals surface area contributed by atoms with Crippen LogP contribution >= 0.6 is 0 Å². The highest BCUT2D eigenvalue weighted by Crippen LogP contribution is 2.22. The number of benzene rings is 1. The van der Waals surface area contributed by atoms with Gasteiger partial charge in [0.1, 0.15) is 29.9 Å². The highest BCUT2D eigenvalue weighted by Gasteiger charge is 2.40. The van der Waals surface area contributed by atoms with Crippen molar-refractivity contribution in [1.82, 2.24) is 26.2 Å². The number of phenolic OH excluding ortho intramolecular Hbond substituents is 1. The van der Waals surface area contributed by atoms with Crippen molar-refractivity contribution in [2.45, 2.75) is 96.4 Å². The SMILES string of the molecule is CC[C@H](C)[C@H](NC(=O)CNC(=O)[C@H](CCC(=O)O)NC(=O)[C@@H](N)C(C)C)C(=O)N1CCC[C@H]1C(=O)N[C@@H](Cc1ccc(O)cc1)C(=O)O. The lowest BCUT2D eigenvalue weighted by Gasteiger charge is -2.32. The second-order valence-electron chi connectivity index (χ2n) is 12.4. The normalized spacial score (nSPS) is 17.4. The van der Waals surface area contributed by atoms with E-state index >= 15 is 0 Å². The lowest BCUT2D eigenvalue weighted by molar-refractivity contribution is -0.145. The first-order valence-electron chi connectivity index (χ1n) is 16.0. The number of aromatic hydroxyl groups is 1. The number of rotatable bonds is 18. The molecule has 1 saturated heterocycles. The molecular weight excluding hydrogens is 628 g/mol. The fourth-order valence-corrected chi connectivity index (χ4v) is 5.12. The Bertz CT molecular complexity index is 1320. The summed E-state index contributed by atoms with van der Waals surface area (Å²) in [5.74, 6) is -6.47. The number of likely N-dealkylation sites (tertiary alicyclic amines) is 1. The molecule has 16 heteroatoms. The summed E-state index contributed by atoms with van der Waals surface area (Å²) < 4.78 is 0. The molecule has 0 radical (unpaired) electrons. The zero-order valence-electron chi connectivity index (χ0n) is 27.7. The van der Waals surface area contributed by atoms with E-state index in [0.29, 0.717) is 18.4 Å². The van der Waals surface area contributed by atoms with Gasteiger partial charge in [-0.25, -0.2) is 4.79 Å². The Labute approximate surface area is 279 Å². The van der Waals surface area contributed by atoms with Gasteiger partial charge in [-0.1, -0.05) is 46.2 Å². The molecule has 0 saturated carbocycles. The lowest BCUT2D eigenvalue weighted by Crippen LogP contribution is -2.58. The van der Waals surface area contributed by atoms with Gasteiger partial charge in [0.05, 0.1) is 12.6 Å². The second-order valence-corrected chi connectivity index (χ2v) is 12.4. The van der Waals surface area contributed by atoms with E-state index in [2.05, 4.69) is 21.3 Å². The molecule has 9 N–H and O–H groups in total. The molecule has 0 spiro atoms. The molecule has 1 aromatic rings. The average molecular weight is 677 g/mol. The van der Waals surface area contributed by atoms with Crippen LogP contribution in [0.25, 0.3) is 0 Å². The fraction of sp³-hybridized carbons (Fsp3) is 0.594. The van der Waals surface area contributed by atoms with Crippen LogP contribution in [0.2, 0.25) is 0 Å². The second kappa shape index (κ2) is 18.6. The summed E-state index contributed by atoms with van der Waals surface area (Å²) in [5, 5.41) is 38.3.